The van der Waals surface area contributed by atoms with Crippen LogP contribution in [0.4, 0.5) is 0 Å². The maximum atomic E-state index is 13.1. The molecule has 1 aromatic heterocycles. The number of primary amides is 1. The van der Waals surface area contributed by atoms with Gasteiger partial charge in [0.1, 0.15) is 10.6 Å². The Labute approximate surface area is 195 Å². The van der Waals surface area contributed by atoms with E-state index in [0.717, 1.165) is 12.8 Å². The lowest BCUT2D eigenvalue weighted by Gasteiger charge is -2.33. The van der Waals surface area contributed by atoms with Gasteiger partial charge < -0.3 is 10.3 Å². The molecule has 0 radical (unpaired) electrons. The smallest absolute Gasteiger partial charge is 0.265 e. The highest BCUT2D eigenvalue weighted by molar-refractivity contribution is 7.89. The van der Waals surface area contributed by atoms with Crippen molar-refractivity contribution in [1.82, 2.24) is 13.2 Å². The van der Waals surface area contributed by atoms with Crippen LogP contribution in [0.1, 0.15) is 54.1 Å². The normalized spacial score (nSPS) is 19.5. The molecule has 1 amide bonds. The minimum Gasteiger partial charge on any atom is -0.364 e. The summed E-state index contributed by atoms with van der Waals surface area (Å²) < 4.78 is 56.2. The number of nitrogens with zero attached hydrogens (tertiary/aromatic N) is 3. The number of nitrogens with two attached hydrogens (primary N) is 1. The summed E-state index contributed by atoms with van der Waals surface area (Å²) in [6.07, 6.45) is 7.32. The molecular formula is C22H30N4O5S2. The first kappa shape index (κ1) is 23.9. The largest absolute Gasteiger partial charge is 0.364 e. The average Bonchev–Trinajstić information content (AvgIpc) is 3.23. The predicted molar refractivity (Wildman–Crippen MR) is 124 cm³/mol. The monoisotopic (exact) mass is 494 g/mol. The van der Waals surface area contributed by atoms with Gasteiger partial charge >= 0.3 is 0 Å². The Hall–Kier alpha value is -2.21. The van der Waals surface area contributed by atoms with E-state index in [4.69, 9.17) is 5.73 Å². The highest BCUT2D eigenvalue weighted by atomic mass is 32.2. The van der Waals surface area contributed by atoms with Crippen LogP contribution in [0.15, 0.2) is 46.3 Å². The van der Waals surface area contributed by atoms with E-state index in [9.17, 15) is 21.6 Å². The maximum absolute atomic E-state index is 13.1. The van der Waals surface area contributed by atoms with E-state index in [1.54, 1.807) is 19.2 Å². The van der Waals surface area contributed by atoms with Gasteiger partial charge in [0.2, 0.25) is 20.0 Å². The van der Waals surface area contributed by atoms with Gasteiger partial charge in [0.15, 0.2) is 0 Å². The Morgan fingerprint density at radius 2 is 1.36 bits per heavy atom. The second kappa shape index (κ2) is 9.21. The van der Waals surface area contributed by atoms with Crippen LogP contribution in [0.3, 0.4) is 0 Å². The first-order valence-corrected chi connectivity index (χ1v) is 14.0. The van der Waals surface area contributed by atoms with Crippen LogP contribution in [0.5, 0.6) is 0 Å². The first-order chi connectivity index (χ1) is 15.6. The quantitative estimate of drug-likeness (QED) is 0.657. The van der Waals surface area contributed by atoms with Crippen molar-refractivity contribution in [2.75, 3.05) is 26.2 Å². The van der Waals surface area contributed by atoms with Crippen molar-refractivity contribution < 1.29 is 21.6 Å². The highest BCUT2D eigenvalue weighted by Gasteiger charge is 2.34. The number of carbonyl (C=O) groups excluding carboxylic acids is 1. The molecule has 1 aromatic carbocycles. The Bertz CT molecular complexity index is 1220. The number of hydrogen-bond acceptors (Lipinski definition) is 5. The molecule has 0 spiro atoms. The van der Waals surface area contributed by atoms with Gasteiger partial charge in [0.25, 0.3) is 5.91 Å². The molecule has 9 nitrogen and oxygen atoms in total. The number of aryl methyl sites for hydroxylation is 1. The minimum absolute atomic E-state index is 0.0303. The number of carbonyl (C=O) groups is 1. The summed E-state index contributed by atoms with van der Waals surface area (Å²) >= 11 is 0. The molecule has 0 unspecified atom stereocenters. The van der Waals surface area contributed by atoms with Gasteiger partial charge in [0.05, 0.1) is 4.90 Å². The molecule has 2 aliphatic rings. The Balaban J connectivity index is 1.44. The molecule has 180 valence electrons. The Kier molecular flexibility index (Phi) is 6.68. The van der Waals surface area contributed by atoms with Crippen molar-refractivity contribution in [3.05, 3.63) is 47.8 Å². The van der Waals surface area contributed by atoms with Gasteiger partial charge in [-0.15, -0.1) is 0 Å². The number of hydrogen-bond donors (Lipinski definition) is 1. The maximum Gasteiger partial charge on any atom is 0.265 e. The number of amides is 1. The number of rotatable bonds is 6. The van der Waals surface area contributed by atoms with Gasteiger partial charge in [0, 0.05) is 39.4 Å². The Morgan fingerprint density at radius 3 is 1.85 bits per heavy atom. The zero-order valence-corrected chi connectivity index (χ0v) is 20.3. The molecule has 2 aromatic rings. The molecule has 33 heavy (non-hydrogen) atoms. The van der Waals surface area contributed by atoms with Crippen molar-refractivity contribution in [3.8, 4) is 0 Å². The summed E-state index contributed by atoms with van der Waals surface area (Å²) in [6, 6.07) is 8.40. The molecule has 1 saturated heterocycles. The SMILES string of the molecule is Cn1cc(S(=O)(=O)N2CCN(S(=O)(=O)c3ccc(C4CCCCC4)cc3)CC2)cc1C(N)=O. The lowest BCUT2D eigenvalue weighted by Crippen LogP contribution is -2.50. The van der Waals surface area contributed by atoms with Gasteiger partial charge in [-0.25, -0.2) is 16.8 Å². The molecule has 4 rings (SSSR count). The van der Waals surface area contributed by atoms with E-state index < -0.39 is 26.0 Å². The molecule has 2 fully saturated rings. The summed E-state index contributed by atoms with van der Waals surface area (Å²) in [4.78, 5) is 11.7. The molecule has 2 N–H and O–H groups in total. The number of aromatic nitrogens is 1. The minimum atomic E-state index is -3.87. The molecule has 1 aliphatic heterocycles. The van der Waals surface area contributed by atoms with E-state index in [0.29, 0.717) is 5.92 Å². The third-order valence-corrected chi connectivity index (χ3v) is 10.4. The summed E-state index contributed by atoms with van der Waals surface area (Å²) in [7, 11) is -6.03. The molecule has 0 atom stereocenters. The van der Waals surface area contributed by atoms with Crippen molar-refractivity contribution in [2.45, 2.75) is 47.8 Å². The van der Waals surface area contributed by atoms with Crippen LogP contribution in [0, 0.1) is 0 Å². The average molecular weight is 495 g/mol. The summed E-state index contributed by atoms with van der Waals surface area (Å²) in [5.41, 5.74) is 6.55. The number of piperazine rings is 1. The van der Waals surface area contributed by atoms with Crippen molar-refractivity contribution in [1.29, 1.82) is 0 Å². The third kappa shape index (κ3) is 4.72. The fourth-order valence-corrected chi connectivity index (χ4v) is 7.63. The van der Waals surface area contributed by atoms with Gasteiger partial charge in [-0.05, 0) is 42.5 Å². The van der Waals surface area contributed by atoms with Crippen molar-refractivity contribution >= 4 is 26.0 Å². The zero-order chi connectivity index (χ0) is 23.8. The van der Waals surface area contributed by atoms with E-state index in [1.807, 2.05) is 12.1 Å². The second-order valence-electron chi connectivity index (χ2n) is 8.75. The van der Waals surface area contributed by atoms with Crippen LogP contribution in [0.25, 0.3) is 0 Å². The van der Waals surface area contributed by atoms with E-state index >= 15 is 0 Å². The van der Waals surface area contributed by atoms with Crippen LogP contribution >= 0.6 is 0 Å². The van der Waals surface area contributed by atoms with Gasteiger partial charge in [-0.2, -0.15) is 8.61 Å². The van der Waals surface area contributed by atoms with E-state index in [1.165, 1.54) is 50.3 Å². The topological polar surface area (TPSA) is 123 Å². The number of benzene rings is 1. The van der Waals surface area contributed by atoms with Crippen LogP contribution in [-0.2, 0) is 27.1 Å². The Morgan fingerprint density at radius 1 is 0.848 bits per heavy atom. The molecule has 11 heteroatoms. The van der Waals surface area contributed by atoms with E-state index in [-0.39, 0.29) is 41.7 Å². The standard InChI is InChI=1S/C22H30N4O5S2/c1-24-16-20(15-21(24)22(23)27)33(30,31)26-13-11-25(12-14-26)32(28,29)19-9-7-18(8-10-19)17-5-3-2-4-6-17/h7-10,15-17H,2-6,11-14H2,1H3,(H2,23,27). The van der Waals surface area contributed by atoms with Crippen LogP contribution in [0.2, 0.25) is 0 Å². The molecule has 1 saturated carbocycles. The molecule has 0 bridgehead atoms. The fourth-order valence-electron chi connectivity index (χ4n) is 4.72. The summed E-state index contributed by atoms with van der Waals surface area (Å²) in [6.45, 7) is 0.175. The summed E-state index contributed by atoms with van der Waals surface area (Å²) in [5.74, 6) is -0.221. The van der Waals surface area contributed by atoms with Crippen LogP contribution < -0.4 is 5.73 Å². The predicted octanol–water partition coefficient (Wildman–Crippen LogP) is 1.87. The van der Waals surface area contributed by atoms with E-state index in [2.05, 4.69) is 0 Å². The van der Waals surface area contributed by atoms with Gasteiger partial charge in [-0.3, -0.25) is 4.79 Å². The zero-order valence-electron chi connectivity index (χ0n) is 18.7. The lowest BCUT2D eigenvalue weighted by molar-refractivity contribution is 0.0992. The molecule has 2 heterocycles. The number of sulfonamides is 2. The summed E-state index contributed by atoms with van der Waals surface area (Å²) in [5, 5.41) is 0. The van der Waals surface area contributed by atoms with Crippen molar-refractivity contribution in [2.24, 2.45) is 12.8 Å². The van der Waals surface area contributed by atoms with Crippen LogP contribution in [-0.4, -0.2) is 62.1 Å². The third-order valence-electron chi connectivity index (χ3n) is 6.66. The second-order valence-corrected chi connectivity index (χ2v) is 12.6. The molecule has 1 aliphatic carbocycles. The highest BCUT2D eigenvalue weighted by Crippen LogP contribution is 2.33. The lowest BCUT2D eigenvalue weighted by atomic mass is 9.84. The molecular weight excluding hydrogens is 464 g/mol. The fraction of sp³-hybridized carbons (Fsp3) is 0.500. The first-order valence-electron chi connectivity index (χ1n) is 11.2. The van der Waals surface area contributed by atoms with Crippen molar-refractivity contribution in [3.63, 3.8) is 0 Å². The van der Waals surface area contributed by atoms with Gasteiger partial charge in [-0.1, -0.05) is 31.4 Å².